The van der Waals surface area contributed by atoms with Crippen molar-refractivity contribution in [3.63, 3.8) is 0 Å². The normalized spacial score (nSPS) is 17.5. The largest absolute Gasteiger partial charge is 0.348 e. The summed E-state index contributed by atoms with van der Waals surface area (Å²) in [4.78, 5) is 7.15. The van der Waals surface area contributed by atoms with Gasteiger partial charge in [-0.15, -0.1) is 0 Å². The van der Waals surface area contributed by atoms with E-state index < -0.39 is 0 Å². The summed E-state index contributed by atoms with van der Waals surface area (Å²) in [6, 6.07) is 0. The summed E-state index contributed by atoms with van der Waals surface area (Å²) in [6.45, 7) is 6.74. The summed E-state index contributed by atoms with van der Waals surface area (Å²) < 4.78 is 1.21. The first-order valence-electron chi connectivity index (χ1n) is 5.59. The minimum absolute atomic E-state index is 0.508. The van der Waals surface area contributed by atoms with Crippen molar-refractivity contribution in [1.29, 1.82) is 0 Å². The van der Waals surface area contributed by atoms with Crippen molar-refractivity contribution in [3.8, 4) is 0 Å². The standard InChI is InChI=1S/C11H17BrN2S/c1-8(2)9-10(12)15-11(13-9)14-6-4-3-5-7-14/h8H,3-7H2,1-2H3. The number of thiazole rings is 1. The average molecular weight is 289 g/mol. The van der Waals surface area contributed by atoms with Crippen LogP contribution in [0.1, 0.15) is 44.7 Å². The van der Waals surface area contributed by atoms with Crippen LogP contribution < -0.4 is 4.90 Å². The fourth-order valence-electron chi connectivity index (χ4n) is 1.88. The van der Waals surface area contributed by atoms with Crippen LogP contribution in [-0.2, 0) is 0 Å². The molecule has 2 heterocycles. The van der Waals surface area contributed by atoms with Crippen LogP contribution in [0.15, 0.2) is 3.79 Å². The zero-order valence-electron chi connectivity index (χ0n) is 9.29. The Bertz CT molecular complexity index is 329. The first kappa shape index (κ1) is 11.4. The van der Waals surface area contributed by atoms with Gasteiger partial charge < -0.3 is 4.90 Å². The smallest absolute Gasteiger partial charge is 0.186 e. The van der Waals surface area contributed by atoms with Crippen LogP contribution in [0.3, 0.4) is 0 Å². The molecular formula is C11H17BrN2S. The highest BCUT2D eigenvalue weighted by molar-refractivity contribution is 9.11. The van der Waals surface area contributed by atoms with Gasteiger partial charge in [0.15, 0.2) is 5.13 Å². The van der Waals surface area contributed by atoms with Crippen LogP contribution in [0, 0.1) is 0 Å². The third-order valence-electron chi connectivity index (χ3n) is 2.77. The van der Waals surface area contributed by atoms with Crippen LogP contribution in [0.25, 0.3) is 0 Å². The van der Waals surface area contributed by atoms with Gasteiger partial charge in [-0.05, 0) is 41.1 Å². The Morgan fingerprint density at radius 3 is 2.47 bits per heavy atom. The van der Waals surface area contributed by atoms with Crippen molar-refractivity contribution in [2.24, 2.45) is 0 Å². The molecule has 1 aromatic heterocycles. The molecule has 0 spiro atoms. The van der Waals surface area contributed by atoms with Gasteiger partial charge in [0.1, 0.15) is 0 Å². The zero-order chi connectivity index (χ0) is 10.8. The molecule has 0 N–H and O–H groups in total. The Kier molecular flexibility index (Phi) is 3.67. The molecule has 15 heavy (non-hydrogen) atoms. The summed E-state index contributed by atoms with van der Waals surface area (Å²) in [5, 5.41) is 1.20. The molecule has 2 rings (SSSR count). The van der Waals surface area contributed by atoms with E-state index in [0.29, 0.717) is 5.92 Å². The molecule has 0 aliphatic carbocycles. The Balaban J connectivity index is 2.17. The van der Waals surface area contributed by atoms with E-state index in [4.69, 9.17) is 4.98 Å². The fourth-order valence-corrected chi connectivity index (χ4v) is 3.86. The van der Waals surface area contributed by atoms with E-state index in [0.717, 1.165) is 0 Å². The SMILES string of the molecule is CC(C)c1nc(N2CCCCC2)sc1Br. The Morgan fingerprint density at radius 1 is 1.27 bits per heavy atom. The molecule has 0 bridgehead atoms. The lowest BCUT2D eigenvalue weighted by atomic mass is 10.1. The number of nitrogens with zero attached hydrogens (tertiary/aromatic N) is 2. The van der Waals surface area contributed by atoms with Gasteiger partial charge in [0, 0.05) is 13.1 Å². The highest BCUT2D eigenvalue weighted by Crippen LogP contribution is 2.35. The lowest BCUT2D eigenvalue weighted by molar-refractivity contribution is 0.576. The summed E-state index contributed by atoms with van der Waals surface area (Å²) in [5.74, 6) is 0.508. The van der Waals surface area contributed by atoms with Gasteiger partial charge >= 0.3 is 0 Å². The number of aromatic nitrogens is 1. The second-order valence-electron chi connectivity index (χ2n) is 4.36. The highest BCUT2D eigenvalue weighted by atomic mass is 79.9. The van der Waals surface area contributed by atoms with Gasteiger partial charge in [-0.25, -0.2) is 4.98 Å². The van der Waals surface area contributed by atoms with E-state index in [1.165, 1.54) is 47.0 Å². The number of piperidine rings is 1. The number of hydrogen-bond acceptors (Lipinski definition) is 3. The van der Waals surface area contributed by atoms with Crippen LogP contribution >= 0.6 is 27.3 Å². The molecule has 1 aliphatic heterocycles. The van der Waals surface area contributed by atoms with Crippen LogP contribution in [0.4, 0.5) is 5.13 Å². The Labute approximate surface area is 104 Å². The van der Waals surface area contributed by atoms with Crippen molar-refractivity contribution >= 4 is 32.4 Å². The van der Waals surface area contributed by atoms with Gasteiger partial charge in [-0.2, -0.15) is 0 Å². The molecule has 2 nitrogen and oxygen atoms in total. The third-order valence-corrected chi connectivity index (χ3v) is 4.58. The Morgan fingerprint density at radius 2 is 1.93 bits per heavy atom. The number of rotatable bonds is 2. The summed E-state index contributed by atoms with van der Waals surface area (Å²) in [5.41, 5.74) is 1.21. The molecule has 0 unspecified atom stereocenters. The van der Waals surface area contributed by atoms with Crippen LogP contribution in [-0.4, -0.2) is 18.1 Å². The maximum absolute atomic E-state index is 4.73. The quantitative estimate of drug-likeness (QED) is 0.817. The second kappa shape index (κ2) is 4.83. The molecule has 0 aromatic carbocycles. The van der Waals surface area contributed by atoms with E-state index >= 15 is 0 Å². The summed E-state index contributed by atoms with van der Waals surface area (Å²) in [6.07, 6.45) is 4.00. The van der Waals surface area contributed by atoms with Crippen molar-refractivity contribution in [2.45, 2.75) is 39.0 Å². The molecular weight excluding hydrogens is 272 g/mol. The fraction of sp³-hybridized carbons (Fsp3) is 0.727. The van der Waals surface area contributed by atoms with Crippen molar-refractivity contribution in [3.05, 3.63) is 9.48 Å². The van der Waals surface area contributed by atoms with E-state index in [9.17, 15) is 0 Å². The molecule has 0 saturated carbocycles. The van der Waals surface area contributed by atoms with E-state index in [2.05, 4.69) is 34.7 Å². The molecule has 1 fully saturated rings. The molecule has 4 heteroatoms. The van der Waals surface area contributed by atoms with Gasteiger partial charge in [-0.1, -0.05) is 25.2 Å². The first-order valence-corrected chi connectivity index (χ1v) is 7.20. The lowest BCUT2D eigenvalue weighted by Gasteiger charge is -2.25. The predicted octanol–water partition coefficient (Wildman–Crippen LogP) is 4.02. The predicted molar refractivity (Wildman–Crippen MR) is 70.0 cm³/mol. The van der Waals surface area contributed by atoms with Crippen molar-refractivity contribution in [1.82, 2.24) is 4.98 Å². The number of hydrogen-bond donors (Lipinski definition) is 0. The molecule has 0 radical (unpaired) electrons. The molecule has 84 valence electrons. The minimum Gasteiger partial charge on any atom is -0.348 e. The molecule has 0 amide bonds. The summed E-state index contributed by atoms with van der Waals surface area (Å²) >= 11 is 5.39. The van der Waals surface area contributed by atoms with Gasteiger partial charge in [-0.3, -0.25) is 0 Å². The monoisotopic (exact) mass is 288 g/mol. The van der Waals surface area contributed by atoms with Gasteiger partial charge in [0.2, 0.25) is 0 Å². The molecule has 1 saturated heterocycles. The van der Waals surface area contributed by atoms with Gasteiger partial charge in [0.05, 0.1) is 9.48 Å². The van der Waals surface area contributed by atoms with Crippen LogP contribution in [0.5, 0.6) is 0 Å². The maximum atomic E-state index is 4.73. The highest BCUT2D eigenvalue weighted by Gasteiger charge is 2.18. The molecule has 0 atom stereocenters. The van der Waals surface area contributed by atoms with Crippen molar-refractivity contribution in [2.75, 3.05) is 18.0 Å². The first-order chi connectivity index (χ1) is 7.18. The molecule has 1 aliphatic rings. The van der Waals surface area contributed by atoms with E-state index in [1.54, 1.807) is 11.3 Å². The molecule has 1 aromatic rings. The zero-order valence-corrected chi connectivity index (χ0v) is 11.7. The van der Waals surface area contributed by atoms with E-state index in [1.807, 2.05) is 0 Å². The summed E-state index contributed by atoms with van der Waals surface area (Å²) in [7, 11) is 0. The minimum atomic E-state index is 0.508. The Hall–Kier alpha value is -0.0900. The number of halogens is 1. The van der Waals surface area contributed by atoms with Gasteiger partial charge in [0.25, 0.3) is 0 Å². The topological polar surface area (TPSA) is 16.1 Å². The third kappa shape index (κ3) is 2.53. The van der Waals surface area contributed by atoms with E-state index in [-0.39, 0.29) is 0 Å². The number of anilines is 1. The van der Waals surface area contributed by atoms with Crippen molar-refractivity contribution < 1.29 is 0 Å². The lowest BCUT2D eigenvalue weighted by Crippen LogP contribution is -2.29. The average Bonchev–Trinajstić information content (AvgIpc) is 2.62. The maximum Gasteiger partial charge on any atom is 0.186 e. The van der Waals surface area contributed by atoms with Crippen LogP contribution in [0.2, 0.25) is 0 Å². The second-order valence-corrected chi connectivity index (χ2v) is 6.65.